The highest BCUT2D eigenvalue weighted by Gasteiger charge is 2.22. The van der Waals surface area contributed by atoms with Gasteiger partial charge in [0, 0.05) is 6.07 Å². The topological polar surface area (TPSA) is 30.7 Å². The Morgan fingerprint density at radius 3 is 2.87 bits per heavy atom. The van der Waals surface area contributed by atoms with E-state index in [1.165, 1.54) is 18.6 Å². The van der Waals surface area contributed by atoms with Crippen LogP contribution in [-0.4, -0.2) is 15.0 Å². The molecule has 1 aromatic heterocycles. The van der Waals surface area contributed by atoms with Crippen LogP contribution < -0.4 is 0 Å². The largest absolute Gasteiger partial charge is 0.241 e. The van der Waals surface area contributed by atoms with Crippen molar-refractivity contribution in [2.24, 2.45) is 0 Å². The first-order chi connectivity index (χ1) is 7.25. The minimum Gasteiger partial charge on any atom is -0.241 e. The molecule has 1 fully saturated rings. The van der Waals surface area contributed by atoms with E-state index in [-0.39, 0.29) is 5.02 Å². The molecule has 2 aromatic rings. The van der Waals surface area contributed by atoms with Gasteiger partial charge in [-0.3, -0.25) is 0 Å². The number of benzene rings is 1. The van der Waals surface area contributed by atoms with Crippen LogP contribution in [0.2, 0.25) is 5.02 Å². The Kier molecular flexibility index (Phi) is 1.92. The van der Waals surface area contributed by atoms with E-state index < -0.39 is 5.82 Å². The van der Waals surface area contributed by atoms with Gasteiger partial charge in [-0.1, -0.05) is 16.8 Å². The Hall–Kier alpha value is -1.16. The van der Waals surface area contributed by atoms with E-state index in [2.05, 4.69) is 10.3 Å². The summed E-state index contributed by atoms with van der Waals surface area (Å²) in [4.78, 5) is 0. The van der Waals surface area contributed by atoms with E-state index in [9.17, 15) is 4.39 Å². The Morgan fingerprint density at radius 1 is 1.40 bits per heavy atom. The molecule has 1 aliphatic rings. The quantitative estimate of drug-likeness (QED) is 0.747. The van der Waals surface area contributed by atoms with Crippen molar-refractivity contribution in [2.45, 2.75) is 25.3 Å². The SMILES string of the molecule is Fc1cc2c(cc1Cl)nnn2C1CCC1. The molecule has 0 amide bonds. The first-order valence-electron chi connectivity index (χ1n) is 4.95. The number of fused-ring (bicyclic) bond motifs is 1. The fraction of sp³-hybridized carbons (Fsp3) is 0.400. The molecule has 0 aliphatic heterocycles. The average molecular weight is 226 g/mol. The number of rotatable bonds is 1. The molecule has 5 heteroatoms. The highest BCUT2D eigenvalue weighted by Crippen LogP contribution is 2.33. The van der Waals surface area contributed by atoms with Crippen LogP contribution in [0.4, 0.5) is 4.39 Å². The van der Waals surface area contributed by atoms with E-state index >= 15 is 0 Å². The van der Waals surface area contributed by atoms with Crippen molar-refractivity contribution < 1.29 is 4.39 Å². The summed E-state index contributed by atoms with van der Waals surface area (Å²) in [5, 5.41) is 8.13. The fourth-order valence-electron chi connectivity index (χ4n) is 1.83. The van der Waals surface area contributed by atoms with Gasteiger partial charge in [-0.05, 0) is 25.3 Å². The summed E-state index contributed by atoms with van der Waals surface area (Å²) < 4.78 is 15.1. The van der Waals surface area contributed by atoms with Crippen LogP contribution >= 0.6 is 11.6 Å². The van der Waals surface area contributed by atoms with Gasteiger partial charge in [-0.25, -0.2) is 9.07 Å². The molecular weight excluding hydrogens is 217 g/mol. The van der Waals surface area contributed by atoms with Crippen molar-refractivity contribution in [3.8, 4) is 0 Å². The molecule has 1 heterocycles. The lowest BCUT2D eigenvalue weighted by Gasteiger charge is -2.25. The average Bonchev–Trinajstić information content (AvgIpc) is 2.48. The van der Waals surface area contributed by atoms with Gasteiger partial charge in [-0.2, -0.15) is 0 Å². The lowest BCUT2D eigenvalue weighted by molar-refractivity contribution is 0.292. The molecule has 3 rings (SSSR count). The van der Waals surface area contributed by atoms with E-state index in [0.717, 1.165) is 18.4 Å². The standard InChI is InChI=1S/C10H9ClFN3/c11-7-4-9-10(5-8(7)12)15(14-13-9)6-2-1-3-6/h4-6H,1-3H2. The van der Waals surface area contributed by atoms with Gasteiger partial charge in [-0.15, -0.1) is 5.10 Å². The molecule has 78 valence electrons. The van der Waals surface area contributed by atoms with Gasteiger partial charge in [0.1, 0.15) is 11.3 Å². The van der Waals surface area contributed by atoms with Gasteiger partial charge in [0.15, 0.2) is 0 Å². The molecule has 0 atom stereocenters. The van der Waals surface area contributed by atoms with Crippen molar-refractivity contribution in [3.05, 3.63) is 23.0 Å². The fourth-order valence-corrected chi connectivity index (χ4v) is 1.99. The molecular formula is C10H9ClFN3. The van der Waals surface area contributed by atoms with Crippen LogP contribution in [0, 0.1) is 5.82 Å². The summed E-state index contributed by atoms with van der Waals surface area (Å²) in [5.74, 6) is -0.410. The van der Waals surface area contributed by atoms with Crippen LogP contribution in [-0.2, 0) is 0 Å². The minimum atomic E-state index is -0.410. The van der Waals surface area contributed by atoms with Crippen LogP contribution in [0.5, 0.6) is 0 Å². The highest BCUT2D eigenvalue weighted by molar-refractivity contribution is 6.31. The van der Waals surface area contributed by atoms with Crippen molar-refractivity contribution in [3.63, 3.8) is 0 Å². The number of nitrogens with zero attached hydrogens (tertiary/aromatic N) is 3. The Labute approximate surface area is 90.8 Å². The second-order valence-corrected chi connectivity index (χ2v) is 4.28. The predicted molar refractivity (Wildman–Crippen MR) is 55.4 cm³/mol. The molecule has 0 bridgehead atoms. The minimum absolute atomic E-state index is 0.100. The molecule has 0 unspecified atom stereocenters. The number of aromatic nitrogens is 3. The summed E-state index contributed by atoms with van der Waals surface area (Å²) in [5.41, 5.74) is 1.40. The zero-order chi connectivity index (χ0) is 10.4. The second kappa shape index (κ2) is 3.17. The third-order valence-corrected chi connectivity index (χ3v) is 3.22. The number of hydrogen-bond acceptors (Lipinski definition) is 2. The highest BCUT2D eigenvalue weighted by atomic mass is 35.5. The van der Waals surface area contributed by atoms with Gasteiger partial charge >= 0.3 is 0 Å². The maximum absolute atomic E-state index is 13.3. The molecule has 1 aliphatic carbocycles. The molecule has 15 heavy (non-hydrogen) atoms. The van der Waals surface area contributed by atoms with E-state index in [4.69, 9.17) is 11.6 Å². The van der Waals surface area contributed by atoms with Gasteiger partial charge < -0.3 is 0 Å². The third kappa shape index (κ3) is 1.32. The predicted octanol–water partition coefficient (Wildman–Crippen LogP) is 2.95. The van der Waals surface area contributed by atoms with Gasteiger partial charge in [0.2, 0.25) is 0 Å². The second-order valence-electron chi connectivity index (χ2n) is 3.87. The van der Waals surface area contributed by atoms with Crippen molar-refractivity contribution in [1.29, 1.82) is 0 Å². The van der Waals surface area contributed by atoms with Crippen LogP contribution in [0.3, 0.4) is 0 Å². The van der Waals surface area contributed by atoms with E-state index in [1.54, 1.807) is 4.68 Å². The van der Waals surface area contributed by atoms with Crippen LogP contribution in [0.25, 0.3) is 11.0 Å². The van der Waals surface area contributed by atoms with Gasteiger partial charge in [0.25, 0.3) is 0 Å². The van der Waals surface area contributed by atoms with Crippen molar-refractivity contribution in [2.75, 3.05) is 0 Å². The number of hydrogen-bond donors (Lipinski definition) is 0. The third-order valence-electron chi connectivity index (χ3n) is 2.93. The molecule has 0 saturated heterocycles. The zero-order valence-corrected chi connectivity index (χ0v) is 8.71. The van der Waals surface area contributed by atoms with Crippen LogP contribution in [0.1, 0.15) is 25.3 Å². The first kappa shape index (κ1) is 9.09. The monoisotopic (exact) mass is 225 g/mol. The first-order valence-corrected chi connectivity index (χ1v) is 5.33. The lowest BCUT2D eigenvalue weighted by Crippen LogP contribution is -2.18. The smallest absolute Gasteiger partial charge is 0.144 e. The molecule has 0 spiro atoms. The van der Waals surface area contributed by atoms with Gasteiger partial charge in [0.05, 0.1) is 16.6 Å². The molecule has 0 N–H and O–H groups in total. The molecule has 0 radical (unpaired) electrons. The summed E-state index contributed by atoms with van der Waals surface area (Å²) in [6.07, 6.45) is 3.41. The maximum Gasteiger partial charge on any atom is 0.144 e. The Bertz CT molecular complexity index is 519. The zero-order valence-electron chi connectivity index (χ0n) is 7.95. The lowest BCUT2D eigenvalue weighted by atomic mass is 9.93. The molecule has 1 aromatic carbocycles. The number of halogens is 2. The summed E-state index contributed by atoms with van der Waals surface area (Å²) >= 11 is 5.67. The maximum atomic E-state index is 13.3. The summed E-state index contributed by atoms with van der Waals surface area (Å²) in [6.45, 7) is 0. The Balaban J connectivity index is 2.19. The molecule has 3 nitrogen and oxygen atoms in total. The van der Waals surface area contributed by atoms with Crippen LogP contribution in [0.15, 0.2) is 12.1 Å². The van der Waals surface area contributed by atoms with Crippen molar-refractivity contribution in [1.82, 2.24) is 15.0 Å². The normalized spacial score (nSPS) is 16.9. The van der Waals surface area contributed by atoms with E-state index in [1.807, 2.05) is 0 Å². The summed E-state index contributed by atoms with van der Waals surface area (Å²) in [7, 11) is 0. The summed E-state index contributed by atoms with van der Waals surface area (Å²) in [6, 6.07) is 3.32. The Morgan fingerprint density at radius 2 is 2.20 bits per heavy atom. The molecule has 1 saturated carbocycles. The van der Waals surface area contributed by atoms with E-state index in [0.29, 0.717) is 11.6 Å². The van der Waals surface area contributed by atoms with Crippen molar-refractivity contribution >= 4 is 22.6 Å².